The Morgan fingerprint density at radius 1 is 1.17 bits per heavy atom. The monoisotopic (exact) mass is 268 g/mol. The maximum absolute atomic E-state index is 12.1. The molecule has 0 bridgehead atoms. The molecule has 4 heteroatoms. The SMILES string of the molecule is CC(C)(CC(=O)c1ccc(C(C)(C)C)s1)C(=O)O. The molecule has 0 aromatic carbocycles. The number of carboxylic acid groups (broad SMARTS) is 1. The van der Waals surface area contributed by atoms with Gasteiger partial charge in [-0.2, -0.15) is 0 Å². The van der Waals surface area contributed by atoms with Gasteiger partial charge in [-0.1, -0.05) is 20.8 Å². The summed E-state index contributed by atoms with van der Waals surface area (Å²) in [6, 6.07) is 3.75. The molecule has 0 aliphatic carbocycles. The third-order valence-electron chi connectivity index (χ3n) is 2.80. The summed E-state index contributed by atoms with van der Waals surface area (Å²) < 4.78 is 0. The number of Topliss-reactive ketones (excluding diaryl/α,β-unsaturated/α-hetero) is 1. The fraction of sp³-hybridized carbons (Fsp3) is 0.571. The van der Waals surface area contributed by atoms with Crippen LogP contribution < -0.4 is 0 Å². The second-order valence-corrected chi connectivity index (χ2v) is 7.29. The molecule has 0 aliphatic heterocycles. The van der Waals surface area contributed by atoms with Gasteiger partial charge in [-0.15, -0.1) is 11.3 Å². The molecular weight excluding hydrogens is 248 g/mol. The first kappa shape index (κ1) is 14.9. The van der Waals surface area contributed by atoms with E-state index in [2.05, 4.69) is 20.8 Å². The third-order valence-corrected chi connectivity index (χ3v) is 4.35. The number of carbonyl (C=O) groups is 2. The number of ketones is 1. The van der Waals surface area contributed by atoms with E-state index in [4.69, 9.17) is 5.11 Å². The molecule has 1 N–H and O–H groups in total. The van der Waals surface area contributed by atoms with Gasteiger partial charge in [0.15, 0.2) is 5.78 Å². The molecule has 1 rings (SSSR count). The smallest absolute Gasteiger partial charge is 0.309 e. The van der Waals surface area contributed by atoms with Crippen LogP contribution in [0.2, 0.25) is 0 Å². The van der Waals surface area contributed by atoms with Gasteiger partial charge in [0, 0.05) is 11.3 Å². The van der Waals surface area contributed by atoms with Gasteiger partial charge >= 0.3 is 5.97 Å². The van der Waals surface area contributed by atoms with Crippen LogP contribution in [0.5, 0.6) is 0 Å². The Kier molecular flexibility index (Phi) is 4.01. The van der Waals surface area contributed by atoms with Crippen LogP contribution in [-0.2, 0) is 10.2 Å². The lowest BCUT2D eigenvalue weighted by Gasteiger charge is -2.17. The van der Waals surface area contributed by atoms with E-state index in [0.717, 1.165) is 4.88 Å². The normalized spacial score (nSPS) is 12.5. The van der Waals surface area contributed by atoms with Crippen molar-refractivity contribution in [3.8, 4) is 0 Å². The van der Waals surface area contributed by atoms with Crippen LogP contribution >= 0.6 is 11.3 Å². The Morgan fingerprint density at radius 3 is 2.11 bits per heavy atom. The Bertz CT molecular complexity index is 464. The number of carboxylic acids is 1. The van der Waals surface area contributed by atoms with Crippen LogP contribution in [0.15, 0.2) is 12.1 Å². The Balaban J connectivity index is 2.87. The second kappa shape index (κ2) is 4.84. The number of hydrogen-bond donors (Lipinski definition) is 1. The molecule has 0 atom stereocenters. The maximum Gasteiger partial charge on any atom is 0.309 e. The quantitative estimate of drug-likeness (QED) is 0.846. The highest BCUT2D eigenvalue weighted by molar-refractivity contribution is 7.14. The average molecular weight is 268 g/mol. The Morgan fingerprint density at radius 2 is 1.72 bits per heavy atom. The largest absolute Gasteiger partial charge is 0.481 e. The lowest BCUT2D eigenvalue weighted by atomic mass is 9.87. The number of hydrogen-bond acceptors (Lipinski definition) is 3. The third kappa shape index (κ3) is 3.42. The number of thiophene rings is 1. The molecular formula is C14H20O3S. The number of carbonyl (C=O) groups excluding carboxylic acids is 1. The summed E-state index contributed by atoms with van der Waals surface area (Å²) in [4.78, 5) is 24.8. The van der Waals surface area contributed by atoms with E-state index in [0.29, 0.717) is 4.88 Å². The Labute approximate surface area is 112 Å². The zero-order chi connectivity index (χ0) is 14.1. The molecule has 18 heavy (non-hydrogen) atoms. The Hall–Kier alpha value is -1.16. The highest BCUT2D eigenvalue weighted by Crippen LogP contribution is 2.32. The molecule has 0 radical (unpaired) electrons. The van der Waals surface area contributed by atoms with Gasteiger partial charge in [-0.3, -0.25) is 9.59 Å². The van der Waals surface area contributed by atoms with Gasteiger partial charge in [0.25, 0.3) is 0 Å². The van der Waals surface area contributed by atoms with E-state index in [1.807, 2.05) is 6.07 Å². The van der Waals surface area contributed by atoms with Gasteiger partial charge in [-0.05, 0) is 31.4 Å². The summed E-state index contributed by atoms with van der Waals surface area (Å²) in [6.45, 7) is 9.42. The summed E-state index contributed by atoms with van der Waals surface area (Å²) in [5, 5.41) is 9.02. The van der Waals surface area contributed by atoms with Gasteiger partial charge < -0.3 is 5.11 Å². The topological polar surface area (TPSA) is 54.4 Å². The van der Waals surface area contributed by atoms with Gasteiger partial charge in [0.1, 0.15) is 0 Å². The number of rotatable bonds is 4. The van der Waals surface area contributed by atoms with Gasteiger partial charge in [0.05, 0.1) is 10.3 Å². The van der Waals surface area contributed by atoms with E-state index in [1.165, 1.54) is 11.3 Å². The predicted octanol–water partition coefficient (Wildman–Crippen LogP) is 3.73. The maximum atomic E-state index is 12.1. The predicted molar refractivity (Wildman–Crippen MR) is 73.4 cm³/mol. The standard InChI is InChI=1S/C14H20O3S/c1-13(2,3)11-7-6-10(18-11)9(15)8-14(4,5)12(16)17/h6-7H,8H2,1-5H3,(H,16,17). The molecule has 0 saturated heterocycles. The summed E-state index contributed by atoms with van der Waals surface area (Å²) >= 11 is 1.46. The van der Waals surface area contributed by atoms with Crippen LogP contribution in [0.1, 0.15) is 55.6 Å². The zero-order valence-electron chi connectivity index (χ0n) is 11.5. The summed E-state index contributed by atoms with van der Waals surface area (Å²) in [5.41, 5.74) is -0.992. The zero-order valence-corrected chi connectivity index (χ0v) is 12.4. The lowest BCUT2D eigenvalue weighted by Crippen LogP contribution is -2.26. The van der Waals surface area contributed by atoms with Crippen LogP contribution in [0.25, 0.3) is 0 Å². The van der Waals surface area contributed by atoms with Crippen LogP contribution in [0, 0.1) is 5.41 Å². The van der Waals surface area contributed by atoms with Crippen molar-refractivity contribution in [3.05, 3.63) is 21.9 Å². The first-order chi connectivity index (χ1) is 8.04. The van der Waals surface area contributed by atoms with E-state index < -0.39 is 11.4 Å². The average Bonchev–Trinajstić information content (AvgIpc) is 2.64. The minimum Gasteiger partial charge on any atom is -0.481 e. The van der Waals surface area contributed by atoms with Crippen molar-refractivity contribution in [3.63, 3.8) is 0 Å². The highest BCUT2D eigenvalue weighted by Gasteiger charge is 2.31. The molecule has 0 saturated carbocycles. The molecule has 0 fully saturated rings. The molecule has 0 aliphatic rings. The molecule has 0 unspecified atom stereocenters. The van der Waals surface area contributed by atoms with E-state index in [9.17, 15) is 9.59 Å². The highest BCUT2D eigenvalue weighted by atomic mass is 32.1. The first-order valence-corrected chi connectivity index (χ1v) is 6.72. The summed E-state index contributed by atoms with van der Waals surface area (Å²) in [6.07, 6.45) is 0.0342. The van der Waals surface area contributed by atoms with E-state index in [1.54, 1.807) is 19.9 Å². The van der Waals surface area contributed by atoms with Crippen molar-refractivity contribution < 1.29 is 14.7 Å². The van der Waals surface area contributed by atoms with Crippen molar-refractivity contribution in [2.24, 2.45) is 5.41 Å². The summed E-state index contributed by atoms with van der Waals surface area (Å²) in [5.74, 6) is -1.04. The van der Waals surface area contributed by atoms with Crippen LogP contribution in [0.3, 0.4) is 0 Å². The molecule has 1 aromatic rings. The summed E-state index contributed by atoms with van der Waals surface area (Å²) in [7, 11) is 0. The van der Waals surface area contributed by atoms with Crippen molar-refractivity contribution in [1.29, 1.82) is 0 Å². The minimum atomic E-state index is -1.01. The van der Waals surface area contributed by atoms with Crippen molar-refractivity contribution in [2.75, 3.05) is 0 Å². The van der Waals surface area contributed by atoms with Gasteiger partial charge in [-0.25, -0.2) is 0 Å². The fourth-order valence-corrected chi connectivity index (χ4v) is 2.46. The molecule has 100 valence electrons. The van der Waals surface area contributed by atoms with Crippen molar-refractivity contribution >= 4 is 23.1 Å². The number of aliphatic carboxylic acids is 1. The fourth-order valence-electron chi connectivity index (χ4n) is 1.45. The first-order valence-electron chi connectivity index (χ1n) is 5.91. The van der Waals surface area contributed by atoms with E-state index in [-0.39, 0.29) is 17.6 Å². The molecule has 1 heterocycles. The van der Waals surface area contributed by atoms with Crippen LogP contribution in [-0.4, -0.2) is 16.9 Å². The molecule has 3 nitrogen and oxygen atoms in total. The van der Waals surface area contributed by atoms with Crippen LogP contribution in [0.4, 0.5) is 0 Å². The van der Waals surface area contributed by atoms with E-state index >= 15 is 0 Å². The molecule has 1 aromatic heterocycles. The second-order valence-electron chi connectivity index (χ2n) is 6.20. The molecule has 0 spiro atoms. The van der Waals surface area contributed by atoms with Crippen molar-refractivity contribution in [1.82, 2.24) is 0 Å². The van der Waals surface area contributed by atoms with Gasteiger partial charge in [0.2, 0.25) is 0 Å². The lowest BCUT2D eigenvalue weighted by molar-refractivity contribution is -0.146. The van der Waals surface area contributed by atoms with Crippen molar-refractivity contribution in [2.45, 2.75) is 46.5 Å². The molecule has 0 amide bonds. The minimum absolute atomic E-state index is 0.0194.